The van der Waals surface area contributed by atoms with Crippen molar-refractivity contribution in [3.63, 3.8) is 0 Å². The minimum absolute atomic E-state index is 0.0929. The number of aromatic nitrogens is 3. The number of hydrogen-bond donors (Lipinski definition) is 1. The van der Waals surface area contributed by atoms with Crippen LogP contribution in [-0.2, 0) is 17.8 Å². The second kappa shape index (κ2) is 9.17. The Balaban J connectivity index is 1.39. The van der Waals surface area contributed by atoms with E-state index in [4.69, 9.17) is 27.9 Å². The van der Waals surface area contributed by atoms with Gasteiger partial charge in [-0.3, -0.25) is 10.3 Å². The van der Waals surface area contributed by atoms with E-state index in [2.05, 4.69) is 26.3 Å². The van der Waals surface area contributed by atoms with Crippen LogP contribution in [-0.4, -0.2) is 21.0 Å². The smallest absolute Gasteiger partial charge is 0.414 e. The van der Waals surface area contributed by atoms with Gasteiger partial charge in [0.15, 0.2) is 0 Å². The van der Waals surface area contributed by atoms with Crippen LogP contribution < -0.4 is 5.32 Å². The number of ether oxygens (including phenoxy) is 1. The van der Waals surface area contributed by atoms with Gasteiger partial charge in [-0.25, -0.2) is 14.8 Å². The fourth-order valence-electron chi connectivity index (χ4n) is 3.98. The second-order valence-electron chi connectivity index (χ2n) is 7.65. The summed E-state index contributed by atoms with van der Waals surface area (Å²) in [7, 11) is 0. The molecule has 0 saturated carbocycles. The molecule has 4 aromatic rings. The monoisotopic (exact) mass is 476 g/mol. The van der Waals surface area contributed by atoms with Crippen LogP contribution in [0.4, 0.5) is 10.7 Å². The molecule has 1 unspecified atom stereocenters. The van der Waals surface area contributed by atoms with Gasteiger partial charge in [-0.05, 0) is 41.3 Å². The summed E-state index contributed by atoms with van der Waals surface area (Å²) in [4.78, 5) is 25.2. The number of hydrogen-bond acceptors (Lipinski definition) is 5. The number of nitrogens with one attached hydrogen (secondary N) is 1. The first kappa shape index (κ1) is 21.4. The molecule has 1 amide bonds. The highest BCUT2D eigenvalue weighted by Crippen LogP contribution is 2.42. The van der Waals surface area contributed by atoms with Gasteiger partial charge in [-0.15, -0.1) is 0 Å². The van der Waals surface area contributed by atoms with Gasteiger partial charge in [-0.1, -0.05) is 59.6 Å². The van der Waals surface area contributed by atoms with Crippen molar-refractivity contribution in [3.05, 3.63) is 105 Å². The minimum Gasteiger partial charge on any atom is -0.444 e. The van der Waals surface area contributed by atoms with Crippen LogP contribution in [0.25, 0.3) is 11.3 Å². The maximum atomic E-state index is 12.2. The highest BCUT2D eigenvalue weighted by molar-refractivity contribution is 6.42. The molecule has 1 N–H and O–H groups in total. The van der Waals surface area contributed by atoms with E-state index < -0.39 is 6.09 Å². The first-order valence-electron chi connectivity index (χ1n) is 10.3. The fourth-order valence-corrected chi connectivity index (χ4v) is 4.29. The van der Waals surface area contributed by atoms with Crippen molar-refractivity contribution < 1.29 is 9.53 Å². The largest absolute Gasteiger partial charge is 0.444 e. The first-order chi connectivity index (χ1) is 16.1. The van der Waals surface area contributed by atoms with Gasteiger partial charge in [0, 0.05) is 35.6 Å². The maximum Gasteiger partial charge on any atom is 0.414 e. The van der Waals surface area contributed by atoms with Crippen LogP contribution in [0.3, 0.4) is 0 Å². The molecule has 0 spiro atoms. The average Bonchev–Trinajstić information content (AvgIpc) is 2.85. The molecular weight excluding hydrogens is 459 g/mol. The predicted octanol–water partition coefficient (Wildman–Crippen LogP) is 6.28. The van der Waals surface area contributed by atoms with Crippen molar-refractivity contribution in [1.29, 1.82) is 0 Å². The molecule has 2 aromatic carbocycles. The summed E-state index contributed by atoms with van der Waals surface area (Å²) in [5.74, 6) is 0.281. The number of anilines is 1. The van der Waals surface area contributed by atoms with E-state index in [0.29, 0.717) is 16.5 Å². The average molecular weight is 477 g/mol. The summed E-state index contributed by atoms with van der Waals surface area (Å²) in [6, 6.07) is 17.4. The molecule has 0 aliphatic heterocycles. The Morgan fingerprint density at radius 3 is 2.76 bits per heavy atom. The van der Waals surface area contributed by atoms with Crippen LogP contribution in [0.15, 0.2) is 73.2 Å². The van der Waals surface area contributed by atoms with Crippen LogP contribution in [0, 0.1) is 0 Å². The van der Waals surface area contributed by atoms with Crippen molar-refractivity contribution >= 4 is 35.2 Å². The molecular formula is C25H18Cl2N4O2. The van der Waals surface area contributed by atoms with Gasteiger partial charge in [0.1, 0.15) is 6.61 Å². The molecule has 0 fully saturated rings. The topological polar surface area (TPSA) is 77.0 Å². The third-order valence-electron chi connectivity index (χ3n) is 5.53. The number of fused-ring (bicyclic) bond motifs is 3. The van der Waals surface area contributed by atoms with Crippen LogP contribution in [0.5, 0.6) is 0 Å². The van der Waals surface area contributed by atoms with Gasteiger partial charge in [-0.2, -0.15) is 0 Å². The molecule has 164 valence electrons. The first-order valence-corrected chi connectivity index (χ1v) is 11.1. The molecule has 6 nitrogen and oxygen atoms in total. The molecule has 1 aliphatic rings. The summed E-state index contributed by atoms with van der Waals surface area (Å²) in [5.41, 5.74) is 5.76. The van der Waals surface area contributed by atoms with Gasteiger partial charge >= 0.3 is 6.09 Å². The molecule has 0 saturated heterocycles. The Labute approximate surface area is 200 Å². The van der Waals surface area contributed by atoms with Crippen LogP contribution in [0.2, 0.25) is 10.0 Å². The molecule has 2 heterocycles. The normalized spacial score (nSPS) is 14.2. The van der Waals surface area contributed by atoms with Crippen molar-refractivity contribution in [3.8, 4) is 11.3 Å². The Morgan fingerprint density at radius 2 is 1.94 bits per heavy atom. The summed E-state index contributed by atoms with van der Waals surface area (Å²) >= 11 is 12.4. The second-order valence-corrected chi connectivity index (χ2v) is 8.46. The zero-order valence-corrected chi connectivity index (χ0v) is 18.8. The van der Waals surface area contributed by atoms with Crippen molar-refractivity contribution in [2.24, 2.45) is 0 Å². The standard InChI is InChI=1S/C25H18Cl2N4O2/c26-21-8-7-16(11-22(21)27)20-10-17-13-29-24(30-23(17)19-6-2-1-5-18(19)20)31-25(32)33-14-15-4-3-9-28-12-15/h1-9,11-13,20H,10,14H2,(H,29,30,31,32). The molecule has 1 aliphatic carbocycles. The number of halogens is 2. The van der Waals surface area contributed by atoms with Gasteiger partial charge < -0.3 is 4.74 Å². The molecule has 5 rings (SSSR count). The van der Waals surface area contributed by atoms with Crippen molar-refractivity contribution in [2.75, 3.05) is 5.32 Å². The quantitative estimate of drug-likeness (QED) is 0.374. The van der Waals surface area contributed by atoms with Crippen LogP contribution in [0.1, 0.15) is 28.2 Å². The maximum absolute atomic E-state index is 12.2. The zero-order valence-electron chi connectivity index (χ0n) is 17.3. The Bertz CT molecular complexity index is 1330. The third-order valence-corrected chi connectivity index (χ3v) is 6.27. The lowest BCUT2D eigenvalue weighted by Gasteiger charge is -2.27. The molecule has 8 heteroatoms. The lowest BCUT2D eigenvalue weighted by Crippen LogP contribution is -2.18. The third kappa shape index (κ3) is 4.53. The lowest BCUT2D eigenvalue weighted by molar-refractivity contribution is 0.155. The molecule has 0 bridgehead atoms. The van der Waals surface area contributed by atoms with Gasteiger partial charge in [0.25, 0.3) is 0 Å². The fraction of sp³-hybridized carbons (Fsp3) is 0.120. The SMILES string of the molecule is O=C(Nc1ncc2c(n1)-c1ccccc1C(c1ccc(Cl)c(Cl)c1)C2)OCc1cccnc1. The minimum atomic E-state index is -0.628. The molecule has 2 aromatic heterocycles. The van der Waals surface area contributed by atoms with E-state index in [0.717, 1.165) is 33.5 Å². The number of carbonyl (C=O) groups excluding carboxylic acids is 1. The van der Waals surface area contributed by atoms with Crippen molar-refractivity contribution in [1.82, 2.24) is 15.0 Å². The summed E-state index contributed by atoms with van der Waals surface area (Å²) in [6.07, 6.45) is 5.13. The number of nitrogens with zero attached hydrogens (tertiary/aromatic N) is 3. The van der Waals surface area contributed by atoms with Crippen LogP contribution >= 0.6 is 23.2 Å². The summed E-state index contributed by atoms with van der Waals surface area (Å²) in [6.45, 7) is 0.110. The predicted molar refractivity (Wildman–Crippen MR) is 128 cm³/mol. The zero-order chi connectivity index (χ0) is 22.8. The van der Waals surface area contributed by atoms with Gasteiger partial charge in [0.05, 0.1) is 15.7 Å². The number of carbonyl (C=O) groups is 1. The molecule has 1 atom stereocenters. The van der Waals surface area contributed by atoms with E-state index in [1.165, 1.54) is 0 Å². The number of amides is 1. The van der Waals surface area contributed by atoms with E-state index in [-0.39, 0.29) is 18.5 Å². The molecule has 0 radical (unpaired) electrons. The highest BCUT2D eigenvalue weighted by atomic mass is 35.5. The van der Waals surface area contributed by atoms with Gasteiger partial charge in [0.2, 0.25) is 5.95 Å². The summed E-state index contributed by atoms with van der Waals surface area (Å²) < 4.78 is 5.25. The van der Waals surface area contributed by atoms with E-state index in [1.54, 1.807) is 24.7 Å². The lowest BCUT2D eigenvalue weighted by atomic mass is 9.78. The van der Waals surface area contributed by atoms with E-state index in [9.17, 15) is 4.79 Å². The van der Waals surface area contributed by atoms with Crippen molar-refractivity contribution in [2.45, 2.75) is 18.9 Å². The Morgan fingerprint density at radius 1 is 1.06 bits per heavy atom. The highest BCUT2D eigenvalue weighted by Gasteiger charge is 2.28. The Hall–Kier alpha value is -3.48. The van der Waals surface area contributed by atoms with E-state index in [1.807, 2.05) is 42.5 Å². The van der Waals surface area contributed by atoms with E-state index >= 15 is 0 Å². The number of benzene rings is 2. The summed E-state index contributed by atoms with van der Waals surface area (Å²) in [5, 5.41) is 3.67. The Kier molecular flexibility index (Phi) is 5.94. The number of pyridine rings is 1. The molecule has 33 heavy (non-hydrogen) atoms. The number of rotatable bonds is 4.